The maximum absolute atomic E-state index is 12.7. The maximum atomic E-state index is 12.7. The van der Waals surface area contributed by atoms with Crippen LogP contribution in [0.4, 0.5) is 5.69 Å². The smallest absolute Gasteiger partial charge is 0.349 e. The molecule has 3 heterocycles. The molecule has 180 valence electrons. The molecule has 0 amide bonds. The van der Waals surface area contributed by atoms with Crippen molar-refractivity contribution in [3.8, 4) is 17.4 Å². The van der Waals surface area contributed by atoms with Gasteiger partial charge in [-0.05, 0) is 30.3 Å². The molecule has 4 aromatic rings. The van der Waals surface area contributed by atoms with Gasteiger partial charge in [0.2, 0.25) is 0 Å². The molecule has 0 bridgehead atoms. The highest BCUT2D eigenvalue weighted by atomic mass is 32.1. The summed E-state index contributed by atoms with van der Waals surface area (Å²) in [5, 5.41) is 24.6. The van der Waals surface area contributed by atoms with Crippen LogP contribution in [0.5, 0.6) is 11.6 Å². The number of nitrogens with zero attached hydrogens (tertiary/aromatic N) is 4. The molecule has 6 N–H and O–H groups in total. The predicted octanol–water partition coefficient (Wildman–Crippen LogP) is 1.61. The number of anilines is 1. The zero-order chi connectivity index (χ0) is 25.1. The molecule has 1 unspecified atom stereocenters. The molecule has 0 aliphatic heterocycles. The van der Waals surface area contributed by atoms with E-state index in [1.165, 1.54) is 25.9 Å². The van der Waals surface area contributed by atoms with Gasteiger partial charge in [-0.25, -0.2) is 19.6 Å². The van der Waals surface area contributed by atoms with Gasteiger partial charge >= 0.3 is 11.7 Å². The molecule has 0 spiro atoms. The number of ether oxygens (including phenoxy) is 2. The van der Waals surface area contributed by atoms with Crippen molar-refractivity contribution in [2.24, 2.45) is 5.73 Å². The zero-order valence-corrected chi connectivity index (χ0v) is 19.3. The average Bonchev–Trinajstić information content (AvgIpc) is 3.49. The van der Waals surface area contributed by atoms with E-state index in [-0.39, 0.29) is 28.2 Å². The van der Waals surface area contributed by atoms with Crippen molar-refractivity contribution in [1.29, 1.82) is 5.41 Å². The summed E-state index contributed by atoms with van der Waals surface area (Å²) in [6.07, 6.45) is 1.53. The highest BCUT2D eigenvalue weighted by molar-refractivity contribution is 7.12. The monoisotopic (exact) mass is 496 g/mol. The highest BCUT2D eigenvalue weighted by Crippen LogP contribution is 2.31. The summed E-state index contributed by atoms with van der Waals surface area (Å²) in [5.41, 5.74) is 7.93. The SMILES string of the molecule is COc1cc(C(Nc2ccc(C(=N)N)cc2)c2nn(-c3ncsc3C(=O)O)c(=O)[nH]2)cnc1OC. The molecule has 3 aromatic heterocycles. The van der Waals surface area contributed by atoms with Crippen LogP contribution in [-0.2, 0) is 0 Å². The first kappa shape index (κ1) is 23.4. The number of carboxylic acid groups (broad SMARTS) is 1. The number of rotatable bonds is 9. The number of nitrogens with two attached hydrogens (primary N) is 1. The fourth-order valence-electron chi connectivity index (χ4n) is 3.28. The van der Waals surface area contributed by atoms with Crippen LogP contribution in [0, 0.1) is 5.41 Å². The molecule has 0 radical (unpaired) electrons. The first-order valence-electron chi connectivity index (χ1n) is 9.97. The lowest BCUT2D eigenvalue weighted by molar-refractivity contribution is 0.0701. The normalized spacial score (nSPS) is 11.6. The largest absolute Gasteiger partial charge is 0.491 e. The fourth-order valence-corrected chi connectivity index (χ4v) is 3.88. The number of pyridine rings is 1. The van der Waals surface area contributed by atoms with E-state index in [4.69, 9.17) is 20.6 Å². The van der Waals surface area contributed by atoms with Crippen LogP contribution in [-0.4, -0.2) is 55.9 Å². The molecule has 13 nitrogen and oxygen atoms in total. The summed E-state index contributed by atoms with van der Waals surface area (Å²) in [4.78, 5) is 35.1. The second-order valence-corrected chi connectivity index (χ2v) is 7.94. The van der Waals surface area contributed by atoms with Gasteiger partial charge in [0.1, 0.15) is 11.9 Å². The first-order chi connectivity index (χ1) is 16.8. The van der Waals surface area contributed by atoms with Crippen LogP contribution in [0.1, 0.15) is 32.7 Å². The van der Waals surface area contributed by atoms with Crippen molar-refractivity contribution in [2.75, 3.05) is 19.5 Å². The van der Waals surface area contributed by atoms with Crippen molar-refractivity contribution in [3.05, 3.63) is 74.4 Å². The number of aromatic carboxylic acids is 1. The third kappa shape index (κ3) is 4.67. The van der Waals surface area contributed by atoms with Crippen LogP contribution >= 0.6 is 11.3 Å². The van der Waals surface area contributed by atoms with Crippen LogP contribution < -0.4 is 26.2 Å². The Morgan fingerprint density at radius 2 is 2.00 bits per heavy atom. The Balaban J connectivity index is 1.80. The number of methoxy groups -OCH3 is 2. The Morgan fingerprint density at radius 3 is 2.63 bits per heavy atom. The lowest BCUT2D eigenvalue weighted by atomic mass is 10.1. The number of carbonyl (C=O) groups is 1. The Kier molecular flexibility index (Phi) is 6.46. The van der Waals surface area contributed by atoms with Crippen LogP contribution in [0.25, 0.3) is 5.82 Å². The molecular weight excluding hydrogens is 476 g/mol. The summed E-state index contributed by atoms with van der Waals surface area (Å²) in [6, 6.07) is 7.71. The van der Waals surface area contributed by atoms with Gasteiger partial charge in [-0.1, -0.05) is 0 Å². The van der Waals surface area contributed by atoms with E-state index in [9.17, 15) is 14.7 Å². The molecular formula is C21H20N8O5S. The topological polar surface area (TPSA) is 194 Å². The minimum Gasteiger partial charge on any atom is -0.491 e. The number of thiazole rings is 1. The average molecular weight is 497 g/mol. The van der Waals surface area contributed by atoms with Crippen molar-refractivity contribution >= 4 is 28.8 Å². The summed E-state index contributed by atoms with van der Waals surface area (Å²) in [6.45, 7) is 0. The number of aromatic amines is 1. The Bertz CT molecular complexity index is 1440. The second-order valence-electron chi connectivity index (χ2n) is 7.09. The lowest BCUT2D eigenvalue weighted by Crippen LogP contribution is -2.18. The molecule has 1 aromatic carbocycles. The molecule has 0 aliphatic carbocycles. The van der Waals surface area contributed by atoms with Crippen molar-refractivity contribution in [1.82, 2.24) is 24.7 Å². The number of benzene rings is 1. The predicted molar refractivity (Wildman–Crippen MR) is 127 cm³/mol. The molecule has 14 heteroatoms. The van der Waals surface area contributed by atoms with E-state index in [1.807, 2.05) is 0 Å². The Labute approximate surface area is 201 Å². The molecule has 35 heavy (non-hydrogen) atoms. The van der Waals surface area contributed by atoms with Gasteiger partial charge in [0.05, 0.1) is 19.7 Å². The number of nitrogen functional groups attached to an aromatic ring is 1. The number of carboxylic acids is 1. The second kappa shape index (κ2) is 9.64. The number of aromatic nitrogens is 5. The van der Waals surface area contributed by atoms with Crippen LogP contribution in [0.15, 0.2) is 46.8 Å². The van der Waals surface area contributed by atoms with Crippen LogP contribution in [0.3, 0.4) is 0 Å². The molecule has 0 fully saturated rings. The number of H-pyrrole nitrogens is 1. The molecule has 0 saturated carbocycles. The lowest BCUT2D eigenvalue weighted by Gasteiger charge is -2.19. The van der Waals surface area contributed by atoms with Crippen molar-refractivity contribution in [2.45, 2.75) is 6.04 Å². The van der Waals surface area contributed by atoms with Crippen molar-refractivity contribution in [3.63, 3.8) is 0 Å². The highest BCUT2D eigenvalue weighted by Gasteiger charge is 2.25. The van der Waals surface area contributed by atoms with Crippen LogP contribution in [0.2, 0.25) is 0 Å². The van der Waals surface area contributed by atoms with Crippen molar-refractivity contribution < 1.29 is 19.4 Å². The third-order valence-electron chi connectivity index (χ3n) is 4.94. The van der Waals surface area contributed by atoms with E-state index in [0.29, 0.717) is 22.6 Å². The summed E-state index contributed by atoms with van der Waals surface area (Å²) in [7, 11) is 2.93. The number of nitrogens with one attached hydrogen (secondary N) is 3. The molecule has 4 rings (SSSR count). The Hall–Kier alpha value is -4.72. The van der Waals surface area contributed by atoms with E-state index in [2.05, 4.69) is 25.4 Å². The minimum atomic E-state index is -1.22. The molecule has 0 aliphatic rings. The van der Waals surface area contributed by atoms with Gasteiger partial charge in [-0.2, -0.15) is 4.68 Å². The zero-order valence-electron chi connectivity index (χ0n) is 18.5. The number of amidine groups is 1. The maximum Gasteiger partial charge on any atom is 0.349 e. The van der Waals surface area contributed by atoms with Gasteiger partial charge in [0.15, 0.2) is 22.3 Å². The number of hydrogen-bond donors (Lipinski definition) is 5. The standard InChI is InChI=1S/C21H20N8O5S/c1-33-13-7-11(8-24-19(13)34-2)14(26-12-5-3-10(4-6-12)16(22)23)17-27-21(32)29(28-17)18-15(20(30)31)35-9-25-18/h3-9,14,26H,1-2H3,(H3,22,23)(H,30,31)(H,27,28,32). The molecule has 1 atom stereocenters. The van der Waals surface area contributed by atoms with E-state index in [1.54, 1.807) is 30.3 Å². The minimum absolute atomic E-state index is 0.0715. The Morgan fingerprint density at radius 1 is 1.26 bits per heavy atom. The number of hydrogen-bond acceptors (Lipinski definition) is 10. The van der Waals surface area contributed by atoms with Gasteiger partial charge < -0.3 is 25.6 Å². The summed E-state index contributed by atoms with van der Waals surface area (Å²) < 4.78 is 11.5. The van der Waals surface area contributed by atoms with Gasteiger partial charge in [0.25, 0.3) is 5.88 Å². The summed E-state index contributed by atoms with van der Waals surface area (Å²) in [5.74, 6) is -0.582. The third-order valence-corrected chi connectivity index (χ3v) is 5.75. The van der Waals surface area contributed by atoms with Gasteiger partial charge in [-0.15, -0.1) is 16.4 Å². The fraction of sp³-hybridized carbons (Fsp3) is 0.143. The first-order valence-corrected chi connectivity index (χ1v) is 10.9. The summed E-state index contributed by atoms with van der Waals surface area (Å²) >= 11 is 0.883. The van der Waals surface area contributed by atoms with E-state index >= 15 is 0 Å². The van der Waals surface area contributed by atoms with Gasteiger partial charge in [-0.3, -0.25) is 10.4 Å². The molecule has 0 saturated heterocycles. The van der Waals surface area contributed by atoms with E-state index in [0.717, 1.165) is 16.0 Å². The quantitative estimate of drug-likeness (QED) is 0.168. The van der Waals surface area contributed by atoms with Gasteiger partial charge in [0, 0.05) is 23.0 Å². The van der Waals surface area contributed by atoms with E-state index < -0.39 is 17.7 Å².